The summed E-state index contributed by atoms with van der Waals surface area (Å²) in [6, 6.07) is 5.70. The Morgan fingerprint density at radius 3 is 2.74 bits per heavy atom. The van der Waals surface area contributed by atoms with Crippen molar-refractivity contribution in [3.8, 4) is 5.75 Å². The Balaban J connectivity index is 2.02. The van der Waals surface area contributed by atoms with Crippen LogP contribution in [0.15, 0.2) is 18.2 Å². The normalized spacial score (nSPS) is 16.8. The highest BCUT2D eigenvalue weighted by Gasteiger charge is 2.32. The molecular weight excluding hydrogens is 292 g/mol. The standard InChI is InChI=1S/C17H22N4O2/c1-4-21(5-2)11-6-7-12(14(22)8-11)13-9-15(23)18-17-16(13)10(3)19-20-17/h6-8,13,22H,4-5,9H2,1-3H3,(H2,18,19,20,23)/t13-/m0/s1. The van der Waals surface area contributed by atoms with Gasteiger partial charge in [0.1, 0.15) is 5.75 Å². The predicted octanol–water partition coefficient (Wildman–Crippen LogP) is 2.74. The van der Waals surface area contributed by atoms with Crippen molar-refractivity contribution in [3.05, 3.63) is 35.0 Å². The molecule has 1 atom stereocenters. The van der Waals surface area contributed by atoms with E-state index in [-0.39, 0.29) is 17.6 Å². The van der Waals surface area contributed by atoms with Gasteiger partial charge in [-0.25, -0.2) is 0 Å². The second-order valence-electron chi connectivity index (χ2n) is 5.83. The molecule has 0 bridgehead atoms. The number of anilines is 2. The van der Waals surface area contributed by atoms with Crippen molar-refractivity contribution >= 4 is 17.4 Å². The van der Waals surface area contributed by atoms with E-state index in [1.807, 2.05) is 19.1 Å². The second-order valence-corrected chi connectivity index (χ2v) is 5.83. The average molecular weight is 314 g/mol. The molecule has 6 nitrogen and oxygen atoms in total. The number of carbonyl (C=O) groups excluding carboxylic acids is 1. The number of phenols is 1. The topological polar surface area (TPSA) is 81.2 Å². The molecule has 3 N–H and O–H groups in total. The van der Waals surface area contributed by atoms with Crippen LogP contribution in [-0.2, 0) is 4.79 Å². The lowest BCUT2D eigenvalue weighted by Gasteiger charge is -2.26. The number of H-pyrrole nitrogens is 1. The number of benzene rings is 1. The maximum atomic E-state index is 11.9. The van der Waals surface area contributed by atoms with E-state index >= 15 is 0 Å². The molecule has 1 aromatic carbocycles. The highest BCUT2D eigenvalue weighted by atomic mass is 16.3. The van der Waals surface area contributed by atoms with Crippen molar-refractivity contribution in [3.63, 3.8) is 0 Å². The molecule has 23 heavy (non-hydrogen) atoms. The lowest BCUT2D eigenvalue weighted by Crippen LogP contribution is -2.24. The number of hydrogen-bond donors (Lipinski definition) is 3. The first-order valence-corrected chi connectivity index (χ1v) is 7.97. The number of aryl methyl sites for hydroxylation is 1. The Morgan fingerprint density at radius 1 is 1.35 bits per heavy atom. The Hall–Kier alpha value is -2.50. The summed E-state index contributed by atoms with van der Waals surface area (Å²) in [7, 11) is 0. The largest absolute Gasteiger partial charge is 0.508 e. The van der Waals surface area contributed by atoms with Gasteiger partial charge >= 0.3 is 0 Å². The molecule has 1 aromatic heterocycles. The number of nitrogens with one attached hydrogen (secondary N) is 2. The van der Waals surface area contributed by atoms with Crippen LogP contribution in [0.2, 0.25) is 0 Å². The van der Waals surface area contributed by atoms with Crippen molar-refractivity contribution in [1.82, 2.24) is 10.2 Å². The molecule has 0 saturated carbocycles. The fraction of sp³-hybridized carbons (Fsp3) is 0.412. The number of aromatic hydroxyl groups is 1. The molecule has 1 aliphatic heterocycles. The molecule has 0 aliphatic carbocycles. The smallest absolute Gasteiger partial charge is 0.226 e. The first-order chi connectivity index (χ1) is 11.0. The van der Waals surface area contributed by atoms with Crippen LogP contribution in [0.5, 0.6) is 5.75 Å². The molecular formula is C17H22N4O2. The molecule has 1 aliphatic rings. The van der Waals surface area contributed by atoms with Gasteiger partial charge in [0.2, 0.25) is 5.91 Å². The van der Waals surface area contributed by atoms with Crippen LogP contribution in [0.25, 0.3) is 0 Å². The van der Waals surface area contributed by atoms with Crippen LogP contribution in [0.3, 0.4) is 0 Å². The van der Waals surface area contributed by atoms with Crippen LogP contribution >= 0.6 is 0 Å². The van der Waals surface area contributed by atoms with Gasteiger partial charge in [-0.2, -0.15) is 5.10 Å². The highest BCUT2D eigenvalue weighted by molar-refractivity contribution is 5.94. The third-order valence-electron chi connectivity index (χ3n) is 4.51. The minimum absolute atomic E-state index is 0.0822. The minimum Gasteiger partial charge on any atom is -0.508 e. The van der Waals surface area contributed by atoms with E-state index < -0.39 is 0 Å². The molecule has 0 saturated heterocycles. The zero-order chi connectivity index (χ0) is 16.6. The van der Waals surface area contributed by atoms with Crippen molar-refractivity contribution in [2.24, 2.45) is 0 Å². The number of phenolic OH excluding ortho intramolecular Hbond substituents is 1. The molecule has 1 amide bonds. The summed E-state index contributed by atoms with van der Waals surface area (Å²) in [4.78, 5) is 14.1. The van der Waals surface area contributed by atoms with Crippen LogP contribution in [0.1, 0.15) is 43.0 Å². The van der Waals surface area contributed by atoms with Crippen LogP contribution in [-0.4, -0.2) is 34.3 Å². The first kappa shape index (κ1) is 15.4. The van der Waals surface area contributed by atoms with Crippen LogP contribution in [0, 0.1) is 6.92 Å². The van der Waals surface area contributed by atoms with E-state index in [0.717, 1.165) is 35.6 Å². The number of carbonyl (C=O) groups is 1. The Labute approximate surface area is 135 Å². The maximum Gasteiger partial charge on any atom is 0.226 e. The molecule has 0 fully saturated rings. The fourth-order valence-electron chi connectivity index (χ4n) is 3.31. The number of aromatic nitrogens is 2. The van der Waals surface area contributed by atoms with Gasteiger partial charge in [-0.15, -0.1) is 0 Å². The average Bonchev–Trinajstić information content (AvgIpc) is 2.89. The third kappa shape index (κ3) is 2.65. The van der Waals surface area contributed by atoms with Gasteiger partial charge in [0.05, 0.1) is 0 Å². The fourth-order valence-corrected chi connectivity index (χ4v) is 3.31. The quantitative estimate of drug-likeness (QED) is 0.810. The molecule has 0 spiro atoms. The first-order valence-electron chi connectivity index (χ1n) is 7.97. The number of amides is 1. The molecule has 3 rings (SSSR count). The van der Waals surface area contributed by atoms with E-state index in [4.69, 9.17) is 0 Å². The number of aromatic amines is 1. The molecule has 2 aromatic rings. The number of rotatable bonds is 4. The van der Waals surface area contributed by atoms with Gasteiger partial charge in [0.25, 0.3) is 0 Å². The van der Waals surface area contributed by atoms with Gasteiger partial charge < -0.3 is 15.3 Å². The zero-order valence-electron chi connectivity index (χ0n) is 13.7. The van der Waals surface area contributed by atoms with Gasteiger partial charge in [-0.1, -0.05) is 6.07 Å². The van der Waals surface area contributed by atoms with Crippen LogP contribution in [0.4, 0.5) is 11.5 Å². The van der Waals surface area contributed by atoms with Gasteiger partial charge in [-0.05, 0) is 26.8 Å². The SMILES string of the molecule is CCN(CC)c1ccc([C@@H]2CC(=O)Nc3n[nH]c(C)c32)c(O)c1. The Morgan fingerprint density at radius 2 is 2.09 bits per heavy atom. The highest BCUT2D eigenvalue weighted by Crippen LogP contribution is 2.42. The number of fused-ring (bicyclic) bond motifs is 1. The summed E-state index contributed by atoms with van der Waals surface area (Å²) in [5.74, 6) is 0.529. The lowest BCUT2D eigenvalue weighted by molar-refractivity contribution is -0.116. The molecule has 0 unspecified atom stereocenters. The Bertz CT molecular complexity index is 734. The van der Waals surface area contributed by atoms with E-state index in [9.17, 15) is 9.90 Å². The van der Waals surface area contributed by atoms with E-state index in [0.29, 0.717) is 12.2 Å². The molecule has 6 heteroatoms. The summed E-state index contributed by atoms with van der Waals surface area (Å²) in [5.41, 5.74) is 3.62. The van der Waals surface area contributed by atoms with Crippen molar-refractivity contribution < 1.29 is 9.90 Å². The Kier molecular flexibility index (Phi) is 3.98. The van der Waals surface area contributed by atoms with Crippen molar-refractivity contribution in [2.75, 3.05) is 23.3 Å². The zero-order valence-corrected chi connectivity index (χ0v) is 13.7. The van der Waals surface area contributed by atoms with Gasteiger partial charge in [0.15, 0.2) is 5.82 Å². The summed E-state index contributed by atoms with van der Waals surface area (Å²) in [5, 5.41) is 20.4. The minimum atomic E-state index is -0.178. The summed E-state index contributed by atoms with van der Waals surface area (Å²) in [6.07, 6.45) is 0.311. The van der Waals surface area contributed by atoms with Gasteiger partial charge in [0, 0.05) is 54.0 Å². The van der Waals surface area contributed by atoms with E-state index in [1.54, 1.807) is 6.07 Å². The third-order valence-corrected chi connectivity index (χ3v) is 4.51. The summed E-state index contributed by atoms with van der Waals surface area (Å²) < 4.78 is 0. The number of hydrogen-bond acceptors (Lipinski definition) is 4. The molecule has 0 radical (unpaired) electrons. The summed E-state index contributed by atoms with van der Waals surface area (Å²) in [6.45, 7) is 7.86. The summed E-state index contributed by atoms with van der Waals surface area (Å²) >= 11 is 0. The van der Waals surface area contributed by atoms with Crippen molar-refractivity contribution in [1.29, 1.82) is 0 Å². The van der Waals surface area contributed by atoms with Crippen LogP contribution < -0.4 is 10.2 Å². The second kappa shape index (κ2) is 5.95. The lowest BCUT2D eigenvalue weighted by atomic mass is 9.85. The van der Waals surface area contributed by atoms with Gasteiger partial charge in [-0.3, -0.25) is 9.89 Å². The molecule has 122 valence electrons. The monoisotopic (exact) mass is 314 g/mol. The maximum absolute atomic E-state index is 11.9. The van der Waals surface area contributed by atoms with E-state index in [1.165, 1.54) is 0 Å². The van der Waals surface area contributed by atoms with E-state index in [2.05, 4.69) is 34.3 Å². The predicted molar refractivity (Wildman–Crippen MR) is 90.1 cm³/mol. The number of nitrogens with zero attached hydrogens (tertiary/aromatic N) is 2. The molecule has 2 heterocycles. The van der Waals surface area contributed by atoms with Crippen molar-refractivity contribution in [2.45, 2.75) is 33.1 Å².